The minimum atomic E-state index is -1.02. The lowest BCUT2D eigenvalue weighted by Gasteiger charge is -2.25. The molecule has 0 bridgehead atoms. The second-order valence-electron chi connectivity index (χ2n) is 7.11. The molecule has 1 aliphatic heterocycles. The van der Waals surface area contributed by atoms with Crippen LogP contribution >= 0.6 is 0 Å². The van der Waals surface area contributed by atoms with Gasteiger partial charge in [-0.1, -0.05) is 42.5 Å². The molecule has 2 aromatic carbocycles. The molecule has 6 heteroatoms. The number of anilines is 2. The molecule has 1 atom stereocenters. The van der Waals surface area contributed by atoms with Crippen LogP contribution in [-0.4, -0.2) is 39.0 Å². The molecule has 0 saturated carbocycles. The number of benzene rings is 2. The average Bonchev–Trinajstić information content (AvgIpc) is 3.12. The van der Waals surface area contributed by atoms with Gasteiger partial charge in [-0.15, -0.1) is 0 Å². The van der Waals surface area contributed by atoms with E-state index in [2.05, 4.69) is 15.3 Å². The second kappa shape index (κ2) is 7.40. The van der Waals surface area contributed by atoms with E-state index in [0.717, 1.165) is 16.8 Å². The number of likely N-dealkylation sites (tertiary alicyclic amines) is 1. The molecule has 2 N–H and O–H groups in total. The highest BCUT2D eigenvalue weighted by Gasteiger charge is 2.40. The number of carbonyl (C=O) groups excluding carboxylic acids is 1. The predicted octanol–water partition coefficient (Wildman–Crippen LogP) is 3.26. The quantitative estimate of drug-likeness (QED) is 0.733. The van der Waals surface area contributed by atoms with E-state index in [-0.39, 0.29) is 12.5 Å². The zero-order valence-electron chi connectivity index (χ0n) is 15.7. The van der Waals surface area contributed by atoms with E-state index in [1.165, 1.54) is 12.4 Å². The third-order valence-corrected chi connectivity index (χ3v) is 5.11. The third kappa shape index (κ3) is 3.59. The topological polar surface area (TPSA) is 78.3 Å². The van der Waals surface area contributed by atoms with Crippen molar-refractivity contribution < 1.29 is 9.90 Å². The Bertz CT molecular complexity index is 975. The Morgan fingerprint density at radius 2 is 1.75 bits per heavy atom. The average molecular weight is 374 g/mol. The van der Waals surface area contributed by atoms with Crippen molar-refractivity contribution in [3.8, 4) is 0 Å². The number of aliphatic hydroxyl groups is 1. The summed E-state index contributed by atoms with van der Waals surface area (Å²) in [6.45, 7) is 2.73. The van der Waals surface area contributed by atoms with Crippen LogP contribution in [0.25, 0.3) is 0 Å². The van der Waals surface area contributed by atoms with Gasteiger partial charge in [0, 0.05) is 24.6 Å². The molecule has 1 fully saturated rings. The lowest BCUT2D eigenvalue weighted by Crippen LogP contribution is -2.35. The summed E-state index contributed by atoms with van der Waals surface area (Å²) in [5, 5.41) is 14.2. The van der Waals surface area contributed by atoms with Crippen LogP contribution in [0.15, 0.2) is 67.0 Å². The van der Waals surface area contributed by atoms with Gasteiger partial charge in [-0.25, -0.2) is 9.97 Å². The highest BCUT2D eigenvalue weighted by molar-refractivity contribution is 5.94. The summed E-state index contributed by atoms with van der Waals surface area (Å²) in [4.78, 5) is 23.0. The molecule has 0 radical (unpaired) electrons. The van der Waals surface area contributed by atoms with Crippen LogP contribution in [0.3, 0.4) is 0 Å². The highest BCUT2D eigenvalue weighted by atomic mass is 16.3. The van der Waals surface area contributed by atoms with Crippen molar-refractivity contribution in [2.75, 3.05) is 18.4 Å². The smallest absolute Gasteiger partial charge is 0.257 e. The van der Waals surface area contributed by atoms with E-state index in [1.807, 2.05) is 61.5 Å². The third-order valence-electron chi connectivity index (χ3n) is 5.11. The van der Waals surface area contributed by atoms with Crippen molar-refractivity contribution in [3.63, 3.8) is 0 Å². The van der Waals surface area contributed by atoms with E-state index >= 15 is 0 Å². The first kappa shape index (κ1) is 18.1. The monoisotopic (exact) mass is 374 g/mol. The summed E-state index contributed by atoms with van der Waals surface area (Å²) >= 11 is 0. The van der Waals surface area contributed by atoms with Crippen LogP contribution in [0.2, 0.25) is 0 Å². The Kier molecular flexibility index (Phi) is 4.79. The molecule has 1 saturated heterocycles. The summed E-state index contributed by atoms with van der Waals surface area (Å²) in [6.07, 6.45) is 3.55. The maximum Gasteiger partial charge on any atom is 0.257 e. The number of carbonyl (C=O) groups is 1. The van der Waals surface area contributed by atoms with Crippen LogP contribution in [0, 0.1) is 6.92 Å². The standard InChI is InChI=1S/C22H22N4O2/c1-16-7-5-6-10-19(16)22(28)11-12-26(15-22)20(27)17-13-23-21(24-14-17)25-18-8-3-2-4-9-18/h2-10,13-14,28H,11-12,15H2,1H3,(H,23,24,25). The van der Waals surface area contributed by atoms with Crippen LogP contribution in [0.4, 0.5) is 11.6 Å². The Labute approximate surface area is 163 Å². The van der Waals surface area contributed by atoms with Gasteiger partial charge < -0.3 is 15.3 Å². The van der Waals surface area contributed by atoms with Gasteiger partial charge in [-0.05, 0) is 36.6 Å². The first-order valence-electron chi connectivity index (χ1n) is 9.27. The van der Waals surface area contributed by atoms with E-state index in [0.29, 0.717) is 24.5 Å². The van der Waals surface area contributed by atoms with Gasteiger partial charge in [0.25, 0.3) is 5.91 Å². The predicted molar refractivity (Wildman–Crippen MR) is 107 cm³/mol. The lowest BCUT2D eigenvalue weighted by molar-refractivity contribution is 0.0412. The van der Waals surface area contributed by atoms with E-state index in [4.69, 9.17) is 0 Å². The van der Waals surface area contributed by atoms with Gasteiger partial charge in [0.2, 0.25) is 5.95 Å². The normalized spacial score (nSPS) is 18.9. The number of rotatable bonds is 4. The summed E-state index contributed by atoms with van der Waals surface area (Å²) in [6, 6.07) is 17.4. The zero-order valence-corrected chi connectivity index (χ0v) is 15.7. The van der Waals surface area contributed by atoms with Crippen LogP contribution in [0.5, 0.6) is 0 Å². The lowest BCUT2D eigenvalue weighted by atomic mass is 9.89. The van der Waals surface area contributed by atoms with E-state index < -0.39 is 5.60 Å². The van der Waals surface area contributed by atoms with Crippen molar-refractivity contribution >= 4 is 17.5 Å². The molecule has 1 aliphatic rings. The van der Waals surface area contributed by atoms with Gasteiger partial charge in [0.15, 0.2) is 0 Å². The van der Waals surface area contributed by atoms with Gasteiger partial charge >= 0.3 is 0 Å². The van der Waals surface area contributed by atoms with Gasteiger partial charge in [-0.3, -0.25) is 4.79 Å². The van der Waals surface area contributed by atoms with Crippen molar-refractivity contribution in [1.82, 2.24) is 14.9 Å². The molecule has 6 nitrogen and oxygen atoms in total. The van der Waals surface area contributed by atoms with Crippen LogP contribution in [0.1, 0.15) is 27.9 Å². The number of amides is 1. The Hall–Kier alpha value is -3.25. The van der Waals surface area contributed by atoms with E-state index in [9.17, 15) is 9.90 Å². The number of nitrogens with one attached hydrogen (secondary N) is 1. The molecule has 2 heterocycles. The minimum Gasteiger partial charge on any atom is -0.383 e. The Balaban J connectivity index is 1.46. The molecular weight excluding hydrogens is 352 g/mol. The first-order valence-corrected chi connectivity index (χ1v) is 9.27. The SMILES string of the molecule is Cc1ccccc1C1(O)CCN(C(=O)c2cnc(Nc3ccccc3)nc2)C1. The zero-order chi connectivity index (χ0) is 19.6. The minimum absolute atomic E-state index is 0.171. The summed E-state index contributed by atoms with van der Waals surface area (Å²) in [5.41, 5.74) is 2.18. The fourth-order valence-electron chi connectivity index (χ4n) is 3.62. The van der Waals surface area contributed by atoms with Crippen molar-refractivity contribution in [1.29, 1.82) is 0 Å². The summed E-state index contributed by atoms with van der Waals surface area (Å²) in [5.74, 6) is 0.261. The summed E-state index contributed by atoms with van der Waals surface area (Å²) < 4.78 is 0. The van der Waals surface area contributed by atoms with Gasteiger partial charge in [0.1, 0.15) is 5.60 Å². The number of hydrogen-bond donors (Lipinski definition) is 2. The molecule has 28 heavy (non-hydrogen) atoms. The fourth-order valence-corrected chi connectivity index (χ4v) is 3.62. The Morgan fingerprint density at radius 1 is 1.07 bits per heavy atom. The fraction of sp³-hybridized carbons (Fsp3) is 0.227. The number of aryl methyl sites for hydroxylation is 1. The number of β-amino-alcohol motifs (C(OH)–C–C–N with tert-alkyl or cyclic N) is 1. The Morgan fingerprint density at radius 3 is 2.46 bits per heavy atom. The number of para-hydroxylation sites is 1. The molecular formula is C22H22N4O2. The molecule has 142 valence electrons. The number of hydrogen-bond acceptors (Lipinski definition) is 5. The van der Waals surface area contributed by atoms with Crippen molar-refractivity contribution in [2.45, 2.75) is 18.9 Å². The number of aromatic nitrogens is 2. The molecule has 3 aromatic rings. The van der Waals surface area contributed by atoms with E-state index in [1.54, 1.807) is 4.90 Å². The van der Waals surface area contributed by atoms with Crippen LogP contribution in [-0.2, 0) is 5.60 Å². The van der Waals surface area contributed by atoms with Crippen molar-refractivity contribution in [2.24, 2.45) is 0 Å². The van der Waals surface area contributed by atoms with Crippen molar-refractivity contribution in [3.05, 3.63) is 83.7 Å². The maximum absolute atomic E-state index is 12.8. The molecule has 0 aliphatic carbocycles. The van der Waals surface area contributed by atoms with Gasteiger partial charge in [-0.2, -0.15) is 0 Å². The number of nitrogens with zero attached hydrogens (tertiary/aromatic N) is 3. The second-order valence-corrected chi connectivity index (χ2v) is 7.11. The highest BCUT2D eigenvalue weighted by Crippen LogP contribution is 2.34. The summed E-state index contributed by atoms with van der Waals surface area (Å²) in [7, 11) is 0. The largest absolute Gasteiger partial charge is 0.383 e. The molecule has 0 spiro atoms. The molecule has 4 rings (SSSR count). The first-order chi connectivity index (χ1) is 13.5. The maximum atomic E-state index is 12.8. The molecule has 1 aromatic heterocycles. The molecule has 1 unspecified atom stereocenters. The van der Waals surface area contributed by atoms with Gasteiger partial charge in [0.05, 0.1) is 12.1 Å². The van der Waals surface area contributed by atoms with Crippen LogP contribution < -0.4 is 5.32 Å². The molecule has 1 amide bonds.